The molecule has 2 aromatic rings. The van der Waals surface area contributed by atoms with E-state index in [-0.39, 0.29) is 45.1 Å². The van der Waals surface area contributed by atoms with Crippen molar-refractivity contribution in [2.75, 3.05) is 11.5 Å². The highest BCUT2D eigenvalue weighted by molar-refractivity contribution is 7.99. The molecule has 0 radical (unpaired) electrons. The Balaban J connectivity index is 1.70. The summed E-state index contributed by atoms with van der Waals surface area (Å²) in [6.45, 7) is -3.03. The molecule has 1 saturated heterocycles. The summed E-state index contributed by atoms with van der Waals surface area (Å²) >= 11 is 14.0. The maximum Gasteiger partial charge on any atom is 0.387 e. The topological polar surface area (TPSA) is 57.7 Å². The Morgan fingerprint density at radius 3 is 2.48 bits per heavy atom. The minimum atomic E-state index is -3.03. The van der Waals surface area contributed by atoms with Crippen LogP contribution in [0.4, 0.5) is 8.78 Å². The molecule has 0 N–H and O–H groups in total. The quantitative estimate of drug-likeness (QED) is 0.554. The molecule has 3 heterocycles. The van der Waals surface area contributed by atoms with Crippen LogP contribution in [0.1, 0.15) is 28.8 Å². The number of rotatable bonds is 5. The molecule has 2 aliphatic rings. The molecule has 1 aromatic heterocycles. The van der Waals surface area contributed by atoms with E-state index in [9.17, 15) is 13.6 Å². The molecule has 154 valence electrons. The highest BCUT2D eigenvalue weighted by Crippen LogP contribution is 2.52. The second kappa shape index (κ2) is 8.16. The number of benzene rings is 1. The van der Waals surface area contributed by atoms with Gasteiger partial charge in [-0.2, -0.15) is 20.5 Å². The number of nitrogens with zero attached hydrogens (tertiary/aromatic N) is 1. The fourth-order valence-corrected chi connectivity index (χ4v) is 4.91. The van der Waals surface area contributed by atoms with Gasteiger partial charge in [0.2, 0.25) is 5.75 Å². The number of aromatic nitrogens is 1. The van der Waals surface area contributed by atoms with Gasteiger partial charge in [0.05, 0.1) is 15.6 Å². The minimum absolute atomic E-state index is 0.0231. The number of halogens is 4. The zero-order chi connectivity index (χ0) is 20.6. The van der Waals surface area contributed by atoms with Crippen LogP contribution in [-0.4, -0.2) is 34.7 Å². The van der Waals surface area contributed by atoms with Crippen LogP contribution >= 0.6 is 35.0 Å². The summed E-state index contributed by atoms with van der Waals surface area (Å²) in [5.41, 5.74) is 0.623. The van der Waals surface area contributed by atoms with Crippen molar-refractivity contribution in [1.82, 2.24) is 4.98 Å². The Kier molecular flexibility index (Phi) is 5.77. The van der Waals surface area contributed by atoms with Crippen molar-refractivity contribution in [2.45, 2.75) is 31.7 Å². The maximum absolute atomic E-state index is 13.0. The van der Waals surface area contributed by atoms with Crippen molar-refractivity contribution >= 4 is 40.7 Å². The monoisotopic (exact) mass is 461 g/mol. The van der Waals surface area contributed by atoms with E-state index in [2.05, 4.69) is 9.72 Å². The first-order valence-corrected chi connectivity index (χ1v) is 10.7. The van der Waals surface area contributed by atoms with Gasteiger partial charge < -0.3 is 14.2 Å². The van der Waals surface area contributed by atoms with Crippen molar-refractivity contribution < 1.29 is 27.8 Å². The highest BCUT2D eigenvalue weighted by atomic mass is 35.5. The molecular weight excluding hydrogens is 447 g/mol. The third kappa shape index (κ3) is 4.11. The number of ether oxygens (including phenoxy) is 3. The second-order valence-corrected chi connectivity index (χ2v) is 8.60. The number of ketones is 1. The molecule has 0 saturated carbocycles. The van der Waals surface area contributed by atoms with Gasteiger partial charge >= 0.3 is 6.61 Å². The molecule has 4 rings (SSSR count). The van der Waals surface area contributed by atoms with Crippen LogP contribution in [0.15, 0.2) is 24.5 Å². The average Bonchev–Trinajstić information content (AvgIpc) is 3.04. The van der Waals surface area contributed by atoms with Crippen LogP contribution in [0.2, 0.25) is 10.0 Å². The van der Waals surface area contributed by atoms with Crippen LogP contribution < -0.4 is 14.2 Å². The predicted molar refractivity (Wildman–Crippen MR) is 106 cm³/mol. The largest absolute Gasteiger partial charge is 0.447 e. The summed E-state index contributed by atoms with van der Waals surface area (Å²) in [5, 5.41) is 0.524. The molecule has 0 amide bonds. The Morgan fingerprint density at radius 2 is 1.83 bits per heavy atom. The number of hydrogen-bond acceptors (Lipinski definition) is 6. The van der Waals surface area contributed by atoms with Crippen LogP contribution in [0.25, 0.3) is 0 Å². The van der Waals surface area contributed by atoms with Gasteiger partial charge in [0.25, 0.3) is 5.79 Å². The number of hydrogen-bond donors (Lipinski definition) is 0. The minimum Gasteiger partial charge on any atom is -0.447 e. The molecular formula is C19H15Cl2F2NO4S. The summed E-state index contributed by atoms with van der Waals surface area (Å²) in [6.07, 6.45) is 3.82. The van der Waals surface area contributed by atoms with E-state index in [0.717, 1.165) is 11.5 Å². The SMILES string of the molecule is O=C(Cc1c(Cl)cncc1Cl)c1ccc(OC(F)F)c2c1OC1(CCSCC1)O2. The summed E-state index contributed by atoms with van der Waals surface area (Å²) < 4.78 is 42.2. The fraction of sp³-hybridized carbons (Fsp3) is 0.368. The van der Waals surface area contributed by atoms with Crippen molar-refractivity contribution in [3.8, 4) is 17.2 Å². The molecule has 29 heavy (non-hydrogen) atoms. The molecule has 10 heteroatoms. The van der Waals surface area contributed by atoms with Crippen molar-refractivity contribution in [3.05, 3.63) is 45.7 Å². The molecule has 1 fully saturated rings. The Labute approximate surface area is 179 Å². The van der Waals surface area contributed by atoms with E-state index in [1.807, 2.05) is 0 Å². The first-order valence-electron chi connectivity index (χ1n) is 8.77. The number of carbonyl (C=O) groups excluding carboxylic acids is 1. The third-order valence-electron chi connectivity index (χ3n) is 4.71. The summed E-state index contributed by atoms with van der Waals surface area (Å²) in [6, 6.07) is 2.68. The molecule has 5 nitrogen and oxygen atoms in total. The lowest BCUT2D eigenvalue weighted by molar-refractivity contribution is -0.0894. The standard InChI is InChI=1S/C19H15Cl2F2NO4S/c20-12-8-24-9-13(21)11(12)7-14(25)10-1-2-15(26-18(22)23)17-16(10)27-19(28-17)3-5-29-6-4-19/h1-2,8-9,18H,3-7H2. The van der Waals surface area contributed by atoms with Crippen LogP contribution in [0.5, 0.6) is 17.2 Å². The van der Waals surface area contributed by atoms with Gasteiger partial charge in [-0.1, -0.05) is 23.2 Å². The van der Waals surface area contributed by atoms with Crippen LogP contribution in [0, 0.1) is 0 Å². The fourth-order valence-electron chi connectivity index (χ4n) is 3.29. The number of thioether (sulfide) groups is 1. The van der Waals surface area contributed by atoms with E-state index < -0.39 is 12.4 Å². The van der Waals surface area contributed by atoms with Crippen molar-refractivity contribution in [2.24, 2.45) is 0 Å². The van der Waals surface area contributed by atoms with Gasteiger partial charge in [0, 0.05) is 48.7 Å². The summed E-state index contributed by atoms with van der Waals surface area (Å²) in [7, 11) is 0. The first kappa shape index (κ1) is 20.5. The highest BCUT2D eigenvalue weighted by Gasteiger charge is 2.46. The number of fused-ring (bicyclic) bond motifs is 1. The van der Waals surface area contributed by atoms with Gasteiger partial charge in [-0.3, -0.25) is 9.78 Å². The summed E-state index contributed by atoms with van der Waals surface area (Å²) in [4.78, 5) is 16.9. The number of alkyl halides is 2. The lowest BCUT2D eigenvalue weighted by Gasteiger charge is -2.31. The van der Waals surface area contributed by atoms with Crippen molar-refractivity contribution in [1.29, 1.82) is 0 Å². The van der Waals surface area contributed by atoms with E-state index in [0.29, 0.717) is 18.4 Å². The smallest absolute Gasteiger partial charge is 0.387 e. The number of carbonyl (C=O) groups is 1. The van der Waals surface area contributed by atoms with Crippen molar-refractivity contribution in [3.63, 3.8) is 0 Å². The molecule has 1 aromatic carbocycles. The van der Waals surface area contributed by atoms with Crippen LogP contribution in [-0.2, 0) is 6.42 Å². The van der Waals surface area contributed by atoms with E-state index in [1.54, 1.807) is 11.8 Å². The second-order valence-electron chi connectivity index (χ2n) is 6.56. The Bertz CT molecular complexity index is 934. The maximum atomic E-state index is 13.0. The van der Waals surface area contributed by atoms with E-state index in [4.69, 9.17) is 32.7 Å². The molecule has 0 bridgehead atoms. The number of pyridine rings is 1. The average molecular weight is 462 g/mol. The van der Waals surface area contributed by atoms with Gasteiger partial charge in [0.15, 0.2) is 17.3 Å². The molecule has 0 aliphatic carbocycles. The molecule has 0 atom stereocenters. The number of Topliss-reactive ketones (excluding diaryl/α,β-unsaturated/α-hetero) is 1. The van der Waals surface area contributed by atoms with Crippen LogP contribution in [0.3, 0.4) is 0 Å². The van der Waals surface area contributed by atoms with Gasteiger partial charge in [0.1, 0.15) is 0 Å². The van der Waals surface area contributed by atoms with Gasteiger partial charge in [-0.05, 0) is 12.1 Å². The van der Waals surface area contributed by atoms with E-state index >= 15 is 0 Å². The van der Waals surface area contributed by atoms with E-state index in [1.165, 1.54) is 24.5 Å². The Morgan fingerprint density at radius 1 is 1.17 bits per heavy atom. The zero-order valence-corrected chi connectivity index (χ0v) is 17.3. The van der Waals surface area contributed by atoms with Gasteiger partial charge in [-0.25, -0.2) is 0 Å². The van der Waals surface area contributed by atoms with Gasteiger partial charge in [-0.15, -0.1) is 0 Å². The third-order valence-corrected chi connectivity index (χ3v) is 6.35. The zero-order valence-electron chi connectivity index (χ0n) is 14.9. The Hall–Kier alpha value is -1.77. The molecule has 1 spiro atoms. The summed E-state index contributed by atoms with van der Waals surface area (Å²) in [5.74, 6) is 0.245. The molecule has 2 aliphatic heterocycles. The molecule has 0 unspecified atom stereocenters. The lowest BCUT2D eigenvalue weighted by Crippen LogP contribution is -2.42. The normalized spacial score (nSPS) is 17.0. The first-order chi connectivity index (χ1) is 13.9. The predicted octanol–water partition coefficient (Wildman–Crippen LogP) is 5.41. The lowest BCUT2D eigenvalue weighted by atomic mass is 10.0.